The maximum atomic E-state index is 12.9. The molecule has 0 heterocycles. The standard InChI is InChI=1S/C17H20FNO3S/c1-13(17(20)15-7-9-16(18)10-8-15)19-23(21,22)12-11-14-5-3-2-4-6-14/h2-10,13,17,19-20H,11-12H2,1H3/t13-,17-/m0/s1. The number of halogens is 1. The van der Waals surface area contributed by atoms with Crippen molar-refractivity contribution in [3.8, 4) is 0 Å². The van der Waals surface area contributed by atoms with E-state index >= 15 is 0 Å². The summed E-state index contributed by atoms with van der Waals surface area (Å²) in [5, 5.41) is 10.2. The van der Waals surface area contributed by atoms with Gasteiger partial charge in [-0.1, -0.05) is 42.5 Å². The maximum absolute atomic E-state index is 12.9. The molecule has 0 aliphatic rings. The predicted molar refractivity (Wildman–Crippen MR) is 87.9 cm³/mol. The first-order chi connectivity index (χ1) is 10.9. The predicted octanol–water partition coefficient (Wildman–Crippen LogP) is 2.41. The van der Waals surface area contributed by atoms with Crippen molar-refractivity contribution >= 4 is 10.0 Å². The van der Waals surface area contributed by atoms with Crippen molar-refractivity contribution in [1.82, 2.24) is 4.72 Å². The second kappa shape index (κ2) is 7.68. The third-order valence-corrected chi connectivity index (χ3v) is 5.03. The molecule has 0 fully saturated rings. The highest BCUT2D eigenvalue weighted by Gasteiger charge is 2.22. The van der Waals surface area contributed by atoms with Gasteiger partial charge in [-0.15, -0.1) is 0 Å². The summed E-state index contributed by atoms with van der Waals surface area (Å²) in [5.41, 5.74) is 1.40. The third-order valence-electron chi connectivity index (χ3n) is 3.55. The van der Waals surface area contributed by atoms with Crippen molar-refractivity contribution in [3.63, 3.8) is 0 Å². The number of aliphatic hydroxyl groups excluding tert-OH is 1. The van der Waals surface area contributed by atoms with Gasteiger partial charge in [-0.3, -0.25) is 0 Å². The summed E-state index contributed by atoms with van der Waals surface area (Å²) >= 11 is 0. The number of hydrogen-bond acceptors (Lipinski definition) is 3. The van der Waals surface area contributed by atoms with Crippen molar-refractivity contribution in [1.29, 1.82) is 0 Å². The van der Waals surface area contributed by atoms with Gasteiger partial charge in [0.2, 0.25) is 10.0 Å². The molecule has 23 heavy (non-hydrogen) atoms. The van der Waals surface area contributed by atoms with Gasteiger partial charge >= 0.3 is 0 Å². The highest BCUT2D eigenvalue weighted by Crippen LogP contribution is 2.17. The normalized spacial score (nSPS) is 14.4. The fourth-order valence-corrected chi connectivity index (χ4v) is 3.57. The zero-order chi connectivity index (χ0) is 16.9. The number of nitrogens with one attached hydrogen (secondary N) is 1. The quantitative estimate of drug-likeness (QED) is 0.815. The van der Waals surface area contributed by atoms with Crippen LogP contribution < -0.4 is 4.72 Å². The monoisotopic (exact) mass is 337 g/mol. The fourth-order valence-electron chi connectivity index (χ4n) is 2.25. The van der Waals surface area contributed by atoms with Crippen LogP contribution >= 0.6 is 0 Å². The van der Waals surface area contributed by atoms with Gasteiger partial charge in [0.25, 0.3) is 0 Å². The van der Waals surface area contributed by atoms with Crippen molar-refractivity contribution in [2.75, 3.05) is 5.75 Å². The molecule has 0 aliphatic heterocycles. The van der Waals surface area contributed by atoms with Crippen LogP contribution in [0.2, 0.25) is 0 Å². The van der Waals surface area contributed by atoms with E-state index in [0.29, 0.717) is 12.0 Å². The first-order valence-corrected chi connectivity index (χ1v) is 9.00. The molecular formula is C17H20FNO3S. The van der Waals surface area contributed by atoms with Gasteiger partial charge in [0.15, 0.2) is 0 Å². The van der Waals surface area contributed by atoms with E-state index in [1.54, 1.807) is 6.92 Å². The molecule has 0 saturated carbocycles. The first kappa shape index (κ1) is 17.6. The lowest BCUT2D eigenvalue weighted by atomic mass is 10.0. The summed E-state index contributed by atoms with van der Waals surface area (Å²) in [4.78, 5) is 0. The number of benzene rings is 2. The summed E-state index contributed by atoms with van der Waals surface area (Å²) in [6.07, 6.45) is -0.641. The first-order valence-electron chi connectivity index (χ1n) is 7.35. The van der Waals surface area contributed by atoms with Crippen molar-refractivity contribution in [2.24, 2.45) is 0 Å². The minimum atomic E-state index is -3.52. The summed E-state index contributed by atoms with van der Waals surface area (Å²) in [6.45, 7) is 1.58. The molecule has 0 spiro atoms. The molecule has 0 aliphatic carbocycles. The molecule has 0 radical (unpaired) electrons. The Morgan fingerprint density at radius 3 is 2.30 bits per heavy atom. The molecule has 2 aromatic carbocycles. The molecule has 0 amide bonds. The van der Waals surface area contributed by atoms with Crippen LogP contribution in [0.1, 0.15) is 24.2 Å². The molecule has 0 bridgehead atoms. The zero-order valence-corrected chi connectivity index (χ0v) is 13.6. The Morgan fingerprint density at radius 1 is 1.09 bits per heavy atom. The van der Waals surface area contributed by atoms with E-state index in [2.05, 4.69) is 4.72 Å². The van der Waals surface area contributed by atoms with E-state index in [-0.39, 0.29) is 5.75 Å². The van der Waals surface area contributed by atoms with Crippen LogP contribution in [0.5, 0.6) is 0 Å². The van der Waals surface area contributed by atoms with Gasteiger partial charge in [0.05, 0.1) is 11.9 Å². The van der Waals surface area contributed by atoms with Crippen molar-refractivity contribution in [3.05, 3.63) is 71.5 Å². The molecule has 0 aromatic heterocycles. The zero-order valence-electron chi connectivity index (χ0n) is 12.8. The number of aryl methyl sites for hydroxylation is 1. The van der Waals surface area contributed by atoms with Gasteiger partial charge in [-0.25, -0.2) is 17.5 Å². The lowest BCUT2D eigenvalue weighted by Gasteiger charge is -2.20. The van der Waals surface area contributed by atoms with Crippen LogP contribution in [-0.2, 0) is 16.4 Å². The molecule has 4 nitrogen and oxygen atoms in total. The van der Waals surface area contributed by atoms with Crippen LogP contribution in [0.3, 0.4) is 0 Å². The molecule has 2 N–H and O–H groups in total. The van der Waals surface area contributed by atoms with Gasteiger partial charge in [0.1, 0.15) is 5.82 Å². The highest BCUT2D eigenvalue weighted by atomic mass is 32.2. The number of rotatable bonds is 7. The smallest absolute Gasteiger partial charge is 0.212 e. The van der Waals surface area contributed by atoms with E-state index in [1.165, 1.54) is 24.3 Å². The largest absolute Gasteiger partial charge is 0.387 e. The minimum absolute atomic E-state index is 0.0580. The van der Waals surface area contributed by atoms with E-state index in [0.717, 1.165) is 5.56 Å². The van der Waals surface area contributed by atoms with Gasteiger partial charge in [-0.2, -0.15) is 0 Å². The van der Waals surface area contributed by atoms with Crippen molar-refractivity contribution in [2.45, 2.75) is 25.5 Å². The number of hydrogen-bond donors (Lipinski definition) is 2. The van der Waals surface area contributed by atoms with Crippen LogP contribution in [0, 0.1) is 5.82 Å². The topological polar surface area (TPSA) is 66.4 Å². The van der Waals surface area contributed by atoms with Gasteiger partial charge in [-0.05, 0) is 36.6 Å². The summed E-state index contributed by atoms with van der Waals surface area (Å²) in [6, 6.07) is 14.0. The van der Waals surface area contributed by atoms with Crippen molar-refractivity contribution < 1.29 is 17.9 Å². The number of sulfonamides is 1. The Hall–Kier alpha value is -1.76. The Bertz CT molecular complexity index is 717. The SMILES string of the molecule is C[C@H](NS(=O)(=O)CCc1ccccc1)[C@H](O)c1ccc(F)cc1. The minimum Gasteiger partial charge on any atom is -0.387 e. The van der Waals surface area contributed by atoms with E-state index < -0.39 is 28.0 Å². The molecule has 0 unspecified atom stereocenters. The third kappa shape index (κ3) is 5.42. The Balaban J connectivity index is 1.94. The van der Waals surface area contributed by atoms with Crippen LogP contribution in [0.15, 0.2) is 54.6 Å². The molecule has 6 heteroatoms. The molecule has 0 saturated heterocycles. The van der Waals surface area contributed by atoms with E-state index in [1.807, 2.05) is 30.3 Å². The molecular weight excluding hydrogens is 317 g/mol. The van der Waals surface area contributed by atoms with Gasteiger partial charge < -0.3 is 5.11 Å². The average molecular weight is 337 g/mol. The molecule has 2 aromatic rings. The molecule has 2 atom stereocenters. The van der Waals surface area contributed by atoms with E-state index in [4.69, 9.17) is 0 Å². The fraction of sp³-hybridized carbons (Fsp3) is 0.294. The van der Waals surface area contributed by atoms with Crippen LogP contribution in [0.25, 0.3) is 0 Å². The summed E-state index contributed by atoms with van der Waals surface area (Å²) in [5.74, 6) is -0.464. The Labute approximate surface area is 136 Å². The Kier molecular flexibility index (Phi) is 5.87. The maximum Gasteiger partial charge on any atom is 0.212 e. The lowest BCUT2D eigenvalue weighted by Crippen LogP contribution is -2.38. The highest BCUT2D eigenvalue weighted by molar-refractivity contribution is 7.89. The molecule has 124 valence electrons. The summed E-state index contributed by atoms with van der Waals surface area (Å²) in [7, 11) is -3.52. The van der Waals surface area contributed by atoms with Crippen LogP contribution in [-0.4, -0.2) is 25.3 Å². The summed E-state index contributed by atoms with van der Waals surface area (Å²) < 4.78 is 39.6. The second-order valence-corrected chi connectivity index (χ2v) is 7.33. The second-order valence-electron chi connectivity index (χ2n) is 5.46. The lowest BCUT2D eigenvalue weighted by molar-refractivity contribution is 0.146. The van der Waals surface area contributed by atoms with Crippen LogP contribution in [0.4, 0.5) is 4.39 Å². The average Bonchev–Trinajstić information content (AvgIpc) is 2.54. The Morgan fingerprint density at radius 2 is 1.70 bits per heavy atom. The van der Waals surface area contributed by atoms with Gasteiger partial charge in [0, 0.05) is 6.04 Å². The number of aliphatic hydroxyl groups is 1. The molecule has 2 rings (SSSR count). The van der Waals surface area contributed by atoms with E-state index in [9.17, 15) is 17.9 Å².